The molecule has 0 fully saturated rings. The Balaban J connectivity index is 2.55. The number of nitrogens with zero attached hydrogens (tertiary/aromatic N) is 1. The lowest BCUT2D eigenvalue weighted by molar-refractivity contribution is -0.385. The third kappa shape index (κ3) is 4.92. The first-order valence-corrected chi connectivity index (χ1v) is 7.07. The van der Waals surface area contributed by atoms with Gasteiger partial charge in [0.1, 0.15) is 9.84 Å². The quantitative estimate of drug-likeness (QED) is 0.461. The van der Waals surface area contributed by atoms with Crippen LogP contribution in [0.15, 0.2) is 24.3 Å². The summed E-state index contributed by atoms with van der Waals surface area (Å²) in [5.41, 5.74) is 0.588. The highest BCUT2D eigenvalue weighted by Crippen LogP contribution is 2.16. The average Bonchev–Trinajstić information content (AvgIpc) is 2.23. The first kappa shape index (κ1) is 13.6. The van der Waals surface area contributed by atoms with Crippen LogP contribution in [0.4, 0.5) is 5.69 Å². The number of hydrogen-bond donors (Lipinski definition) is 1. The van der Waals surface area contributed by atoms with Crippen LogP contribution in [0, 0.1) is 10.1 Å². The van der Waals surface area contributed by atoms with Crippen molar-refractivity contribution >= 4 is 15.5 Å². The van der Waals surface area contributed by atoms with Crippen molar-refractivity contribution in [3.8, 4) is 0 Å². The van der Waals surface area contributed by atoms with Crippen molar-refractivity contribution in [1.82, 2.24) is 5.32 Å². The van der Waals surface area contributed by atoms with Gasteiger partial charge in [0.25, 0.3) is 5.69 Å². The van der Waals surface area contributed by atoms with Crippen LogP contribution in [0.3, 0.4) is 0 Å². The minimum absolute atomic E-state index is 0.0215. The maximum atomic E-state index is 10.9. The highest BCUT2D eigenvalue weighted by Gasteiger charge is 2.11. The lowest BCUT2D eigenvalue weighted by atomic mass is 10.2. The van der Waals surface area contributed by atoms with E-state index in [4.69, 9.17) is 0 Å². The van der Waals surface area contributed by atoms with E-state index in [-0.39, 0.29) is 24.5 Å². The first-order chi connectivity index (χ1) is 7.90. The van der Waals surface area contributed by atoms with Crippen LogP contribution in [-0.2, 0) is 16.4 Å². The number of para-hydroxylation sites is 1. The number of rotatable bonds is 6. The van der Waals surface area contributed by atoms with Crippen molar-refractivity contribution in [3.63, 3.8) is 0 Å². The summed E-state index contributed by atoms with van der Waals surface area (Å²) in [5, 5.41) is 13.6. The third-order valence-corrected chi connectivity index (χ3v) is 3.10. The van der Waals surface area contributed by atoms with E-state index in [1.165, 1.54) is 6.07 Å². The van der Waals surface area contributed by atoms with E-state index in [1.54, 1.807) is 18.2 Å². The molecule has 0 atom stereocenters. The van der Waals surface area contributed by atoms with Crippen molar-refractivity contribution in [3.05, 3.63) is 39.9 Å². The summed E-state index contributed by atoms with van der Waals surface area (Å²) >= 11 is 0. The van der Waals surface area contributed by atoms with Crippen LogP contribution in [-0.4, -0.2) is 31.9 Å². The van der Waals surface area contributed by atoms with Gasteiger partial charge < -0.3 is 5.32 Å². The van der Waals surface area contributed by atoms with Gasteiger partial charge in [-0.2, -0.15) is 0 Å². The molecule has 17 heavy (non-hydrogen) atoms. The molecule has 0 aromatic heterocycles. The molecule has 1 rings (SSSR count). The molecular weight excluding hydrogens is 244 g/mol. The van der Waals surface area contributed by atoms with Gasteiger partial charge in [-0.3, -0.25) is 10.1 Å². The number of hydrogen-bond acceptors (Lipinski definition) is 5. The molecule has 1 aromatic rings. The highest BCUT2D eigenvalue weighted by molar-refractivity contribution is 7.90. The predicted molar refractivity (Wildman–Crippen MR) is 64.5 cm³/mol. The summed E-state index contributed by atoms with van der Waals surface area (Å²) in [6, 6.07) is 6.37. The Morgan fingerprint density at radius 3 is 2.59 bits per heavy atom. The van der Waals surface area contributed by atoms with Crippen molar-refractivity contribution in [2.24, 2.45) is 0 Å². The van der Waals surface area contributed by atoms with Gasteiger partial charge in [0.2, 0.25) is 0 Å². The number of nitro groups is 1. The summed E-state index contributed by atoms with van der Waals surface area (Å²) in [6.45, 7) is 0.567. The summed E-state index contributed by atoms with van der Waals surface area (Å²) in [6.07, 6.45) is 1.15. The summed E-state index contributed by atoms with van der Waals surface area (Å²) in [4.78, 5) is 10.2. The Morgan fingerprint density at radius 2 is 2.00 bits per heavy atom. The van der Waals surface area contributed by atoms with Crippen LogP contribution >= 0.6 is 0 Å². The SMILES string of the molecule is CS(=O)(=O)CCNCc1ccccc1[N+](=O)[O-]. The van der Waals surface area contributed by atoms with Crippen LogP contribution < -0.4 is 5.32 Å². The van der Waals surface area contributed by atoms with Crippen LogP contribution in [0.2, 0.25) is 0 Å². The van der Waals surface area contributed by atoms with E-state index < -0.39 is 14.8 Å². The zero-order valence-corrected chi connectivity index (χ0v) is 10.2. The summed E-state index contributed by atoms with van der Waals surface area (Å²) < 4.78 is 21.7. The molecule has 94 valence electrons. The van der Waals surface area contributed by atoms with Crippen LogP contribution in [0.5, 0.6) is 0 Å². The van der Waals surface area contributed by atoms with E-state index in [0.717, 1.165) is 6.26 Å². The fourth-order valence-electron chi connectivity index (χ4n) is 1.32. The van der Waals surface area contributed by atoms with E-state index >= 15 is 0 Å². The number of benzene rings is 1. The molecule has 6 nitrogen and oxygen atoms in total. The molecule has 0 spiro atoms. The van der Waals surface area contributed by atoms with Crippen molar-refractivity contribution in [2.75, 3.05) is 18.6 Å². The molecule has 1 N–H and O–H groups in total. The van der Waals surface area contributed by atoms with Gasteiger partial charge in [0.05, 0.1) is 10.7 Å². The summed E-state index contributed by atoms with van der Waals surface area (Å²) in [7, 11) is -3.00. The molecule has 0 saturated carbocycles. The normalized spacial score (nSPS) is 11.4. The standard InChI is InChI=1S/C10H14N2O4S/c1-17(15,16)7-6-11-8-9-4-2-3-5-10(9)12(13)14/h2-5,11H,6-8H2,1H3. The molecule has 0 aliphatic carbocycles. The van der Waals surface area contributed by atoms with Gasteiger partial charge >= 0.3 is 0 Å². The van der Waals surface area contributed by atoms with Gasteiger partial charge in [0, 0.05) is 31.0 Å². The maximum Gasteiger partial charge on any atom is 0.273 e. The van der Waals surface area contributed by atoms with Gasteiger partial charge in [0.15, 0.2) is 0 Å². The second kappa shape index (κ2) is 5.74. The zero-order valence-electron chi connectivity index (χ0n) is 9.42. The van der Waals surface area contributed by atoms with Crippen molar-refractivity contribution in [1.29, 1.82) is 0 Å². The zero-order chi connectivity index (χ0) is 12.9. The first-order valence-electron chi connectivity index (χ1n) is 5.01. The minimum Gasteiger partial charge on any atom is -0.311 e. The fraction of sp³-hybridized carbons (Fsp3) is 0.400. The molecule has 0 aliphatic heterocycles. The minimum atomic E-state index is -3.00. The molecule has 0 aliphatic rings. The van der Waals surface area contributed by atoms with E-state index in [1.807, 2.05) is 0 Å². The lowest BCUT2D eigenvalue weighted by Gasteiger charge is -2.04. The fourth-order valence-corrected chi connectivity index (χ4v) is 1.83. The molecule has 0 bridgehead atoms. The number of sulfone groups is 1. The Hall–Kier alpha value is -1.47. The van der Waals surface area contributed by atoms with Crippen molar-refractivity contribution < 1.29 is 13.3 Å². The highest BCUT2D eigenvalue weighted by atomic mass is 32.2. The Labute approximate surface area is 99.7 Å². The Kier molecular flexibility index (Phi) is 4.59. The molecule has 0 heterocycles. The molecule has 0 radical (unpaired) electrons. The largest absolute Gasteiger partial charge is 0.311 e. The summed E-state index contributed by atoms with van der Waals surface area (Å²) in [5.74, 6) is 0.0215. The lowest BCUT2D eigenvalue weighted by Crippen LogP contribution is -2.22. The smallest absolute Gasteiger partial charge is 0.273 e. The molecule has 7 heteroatoms. The number of nitrogens with one attached hydrogen (secondary N) is 1. The van der Waals surface area contributed by atoms with Gasteiger partial charge in [-0.25, -0.2) is 8.42 Å². The molecular formula is C10H14N2O4S. The second-order valence-corrected chi connectivity index (χ2v) is 5.95. The maximum absolute atomic E-state index is 10.9. The van der Waals surface area contributed by atoms with Gasteiger partial charge in [-0.15, -0.1) is 0 Å². The van der Waals surface area contributed by atoms with Crippen molar-refractivity contribution in [2.45, 2.75) is 6.54 Å². The molecule has 0 saturated heterocycles. The van der Waals surface area contributed by atoms with Gasteiger partial charge in [-0.05, 0) is 0 Å². The van der Waals surface area contributed by atoms with Crippen LogP contribution in [0.1, 0.15) is 5.56 Å². The monoisotopic (exact) mass is 258 g/mol. The predicted octanol–water partition coefficient (Wildman–Crippen LogP) is 0.729. The molecule has 0 unspecified atom stereocenters. The third-order valence-electron chi connectivity index (χ3n) is 2.15. The van der Waals surface area contributed by atoms with Gasteiger partial charge in [-0.1, -0.05) is 18.2 Å². The van der Waals surface area contributed by atoms with Crippen LogP contribution in [0.25, 0.3) is 0 Å². The average molecular weight is 258 g/mol. The topological polar surface area (TPSA) is 89.3 Å². The van der Waals surface area contributed by atoms with E-state index in [2.05, 4.69) is 5.32 Å². The van der Waals surface area contributed by atoms with E-state index in [0.29, 0.717) is 5.56 Å². The second-order valence-electron chi connectivity index (χ2n) is 3.69. The Morgan fingerprint density at radius 1 is 1.35 bits per heavy atom. The number of nitro benzene ring substituents is 1. The Bertz CT molecular complexity index is 499. The molecule has 1 aromatic carbocycles. The molecule has 0 amide bonds. The van der Waals surface area contributed by atoms with E-state index in [9.17, 15) is 18.5 Å².